The van der Waals surface area contributed by atoms with Gasteiger partial charge in [0.2, 0.25) is 0 Å². The molecule has 0 saturated carbocycles. The zero-order valence-corrected chi connectivity index (χ0v) is 19.4. The van der Waals surface area contributed by atoms with Gasteiger partial charge in [0.05, 0.1) is 0 Å². The molecule has 3 nitrogen and oxygen atoms in total. The lowest BCUT2D eigenvalue weighted by atomic mass is 10.0. The first kappa shape index (κ1) is 21.2. The van der Waals surface area contributed by atoms with Gasteiger partial charge in [-0.05, 0) is 49.2 Å². The minimum absolute atomic E-state index is 0.0247. The van der Waals surface area contributed by atoms with Crippen molar-refractivity contribution in [3.8, 4) is 11.1 Å². The quantitative estimate of drug-likeness (QED) is 0.392. The topological polar surface area (TPSA) is 27.6 Å². The first-order valence-electron chi connectivity index (χ1n) is 11.4. The van der Waals surface area contributed by atoms with Crippen LogP contribution in [0.1, 0.15) is 40.1 Å². The maximum Gasteiger partial charge on any atom is 0.132 e. The number of hydrogen-bond donors (Lipinski definition) is 1. The van der Waals surface area contributed by atoms with Crippen molar-refractivity contribution in [2.24, 2.45) is 4.99 Å². The van der Waals surface area contributed by atoms with Gasteiger partial charge in [-0.15, -0.1) is 0 Å². The fourth-order valence-corrected chi connectivity index (χ4v) is 4.52. The number of benzene rings is 4. The summed E-state index contributed by atoms with van der Waals surface area (Å²) >= 11 is 0. The molecule has 0 radical (unpaired) electrons. The Bertz CT molecular complexity index is 1280. The predicted octanol–water partition coefficient (Wildman–Crippen LogP) is 6.65. The zero-order valence-electron chi connectivity index (χ0n) is 19.4. The highest BCUT2D eigenvalue weighted by Gasteiger charge is 2.31. The van der Waals surface area contributed by atoms with Gasteiger partial charge >= 0.3 is 0 Å². The normalized spacial score (nSPS) is 18.5. The fraction of sp³-hybridized carbons (Fsp3) is 0.167. The van der Waals surface area contributed by atoms with Crippen LogP contribution in [-0.4, -0.2) is 17.8 Å². The van der Waals surface area contributed by atoms with Crippen LogP contribution in [0.5, 0.6) is 0 Å². The number of nitrogens with one attached hydrogen (secondary N) is 1. The van der Waals surface area contributed by atoms with E-state index < -0.39 is 0 Å². The molecular formula is C30H29N3. The Morgan fingerprint density at radius 3 is 1.97 bits per heavy atom. The highest BCUT2D eigenvalue weighted by molar-refractivity contribution is 5.99. The molecule has 2 atom stereocenters. The van der Waals surface area contributed by atoms with Crippen molar-refractivity contribution in [3.05, 3.63) is 131 Å². The molecule has 1 heterocycles. The summed E-state index contributed by atoms with van der Waals surface area (Å²) < 4.78 is 0. The Balaban J connectivity index is 1.55. The first-order chi connectivity index (χ1) is 16.1. The summed E-state index contributed by atoms with van der Waals surface area (Å²) in [6, 6.07) is 36.6. The van der Waals surface area contributed by atoms with Crippen LogP contribution >= 0.6 is 0 Å². The number of aliphatic imine (C=N–C) groups is 1. The van der Waals surface area contributed by atoms with Crippen molar-refractivity contribution in [2.75, 3.05) is 7.05 Å². The van der Waals surface area contributed by atoms with E-state index in [1.807, 2.05) is 0 Å². The van der Waals surface area contributed by atoms with E-state index in [2.05, 4.69) is 134 Å². The van der Waals surface area contributed by atoms with Crippen molar-refractivity contribution in [3.63, 3.8) is 0 Å². The van der Waals surface area contributed by atoms with Crippen molar-refractivity contribution in [1.29, 1.82) is 0 Å². The van der Waals surface area contributed by atoms with E-state index in [4.69, 9.17) is 4.99 Å². The number of amidine groups is 1. The van der Waals surface area contributed by atoms with Gasteiger partial charge in [-0.2, -0.15) is 0 Å². The number of rotatable bonds is 4. The van der Waals surface area contributed by atoms with Crippen LogP contribution in [0.25, 0.3) is 11.1 Å². The lowest BCUT2D eigenvalue weighted by Crippen LogP contribution is -2.46. The smallest absolute Gasteiger partial charge is 0.132 e. The molecule has 3 heteroatoms. The molecule has 0 aliphatic carbocycles. The van der Waals surface area contributed by atoms with Crippen LogP contribution in [0.3, 0.4) is 0 Å². The average molecular weight is 432 g/mol. The number of hydrogen-bond acceptors (Lipinski definition) is 3. The molecule has 1 aliphatic heterocycles. The monoisotopic (exact) mass is 431 g/mol. The lowest BCUT2D eigenvalue weighted by Gasteiger charge is -2.39. The Morgan fingerprint density at radius 2 is 1.27 bits per heavy atom. The molecule has 0 spiro atoms. The minimum atomic E-state index is -0.0860. The molecule has 164 valence electrons. The fourth-order valence-electron chi connectivity index (χ4n) is 4.52. The molecule has 2 unspecified atom stereocenters. The highest BCUT2D eigenvalue weighted by atomic mass is 15.4. The summed E-state index contributed by atoms with van der Waals surface area (Å²) in [6.07, 6.45) is -0.0613. The maximum atomic E-state index is 5.18. The van der Waals surface area contributed by atoms with Gasteiger partial charge in [-0.25, -0.2) is 4.99 Å². The van der Waals surface area contributed by atoms with Gasteiger partial charge in [-0.1, -0.05) is 108 Å². The van der Waals surface area contributed by atoms with Gasteiger partial charge in [0.1, 0.15) is 18.2 Å². The van der Waals surface area contributed by atoms with Crippen LogP contribution in [0.2, 0.25) is 0 Å². The molecule has 33 heavy (non-hydrogen) atoms. The summed E-state index contributed by atoms with van der Waals surface area (Å²) in [5.41, 5.74) is 8.47. The zero-order chi connectivity index (χ0) is 22.8. The largest absolute Gasteiger partial charge is 0.350 e. The molecule has 1 N–H and O–H groups in total. The third-order valence-corrected chi connectivity index (χ3v) is 6.28. The van der Waals surface area contributed by atoms with Crippen LogP contribution in [0, 0.1) is 13.8 Å². The highest BCUT2D eigenvalue weighted by Crippen LogP contribution is 2.34. The number of aryl methyl sites for hydroxylation is 2. The predicted molar refractivity (Wildman–Crippen MR) is 137 cm³/mol. The second-order valence-corrected chi connectivity index (χ2v) is 8.84. The molecule has 4 aromatic carbocycles. The summed E-state index contributed by atoms with van der Waals surface area (Å²) in [4.78, 5) is 7.49. The van der Waals surface area contributed by atoms with Crippen molar-refractivity contribution in [1.82, 2.24) is 10.2 Å². The van der Waals surface area contributed by atoms with Gasteiger partial charge in [0, 0.05) is 5.56 Å². The van der Waals surface area contributed by atoms with Crippen molar-refractivity contribution >= 4 is 5.84 Å². The van der Waals surface area contributed by atoms with Gasteiger partial charge in [0.15, 0.2) is 0 Å². The van der Waals surface area contributed by atoms with Crippen LogP contribution in [0.4, 0.5) is 0 Å². The lowest BCUT2D eigenvalue weighted by molar-refractivity contribution is 0.152. The maximum absolute atomic E-state index is 5.18. The summed E-state index contributed by atoms with van der Waals surface area (Å²) in [6.45, 7) is 4.26. The molecule has 0 bridgehead atoms. The Kier molecular flexibility index (Phi) is 5.80. The molecule has 4 aromatic rings. The molecule has 0 saturated heterocycles. The number of nitrogens with zero attached hydrogens (tertiary/aromatic N) is 2. The van der Waals surface area contributed by atoms with Crippen LogP contribution in [0.15, 0.2) is 108 Å². The van der Waals surface area contributed by atoms with Crippen LogP contribution in [-0.2, 0) is 0 Å². The second kappa shape index (κ2) is 9.05. The third-order valence-electron chi connectivity index (χ3n) is 6.28. The molecule has 1 aliphatic rings. The molecule has 5 rings (SSSR count). The second-order valence-electron chi connectivity index (χ2n) is 8.84. The van der Waals surface area contributed by atoms with Crippen LogP contribution < -0.4 is 5.32 Å². The van der Waals surface area contributed by atoms with E-state index in [1.54, 1.807) is 0 Å². The Hall–Kier alpha value is -3.69. The van der Waals surface area contributed by atoms with E-state index in [9.17, 15) is 0 Å². The average Bonchev–Trinajstić information content (AvgIpc) is 2.85. The van der Waals surface area contributed by atoms with Gasteiger partial charge in [-0.3, -0.25) is 4.90 Å². The third kappa shape index (κ3) is 4.46. The first-order valence-corrected chi connectivity index (χ1v) is 11.4. The van der Waals surface area contributed by atoms with Gasteiger partial charge < -0.3 is 5.32 Å². The van der Waals surface area contributed by atoms with Gasteiger partial charge in [0.25, 0.3) is 0 Å². The summed E-state index contributed by atoms with van der Waals surface area (Å²) in [7, 11) is 2.15. The standard InChI is InChI=1S/C30H29N3/c1-21-9-7-13-26(19-21)28-31-29(33(3)30(32-28)27-14-8-10-22(2)20-27)25-17-15-24(16-18-25)23-11-5-4-6-12-23/h4-20,29-30H,1-3H3,(H,31,32). The molecule has 0 amide bonds. The molecule has 0 fully saturated rings. The Labute approximate surface area is 196 Å². The van der Waals surface area contributed by atoms with E-state index in [1.165, 1.54) is 33.4 Å². The van der Waals surface area contributed by atoms with Crippen molar-refractivity contribution < 1.29 is 0 Å². The summed E-state index contributed by atoms with van der Waals surface area (Å²) in [5.74, 6) is 0.931. The van der Waals surface area contributed by atoms with Crippen molar-refractivity contribution in [2.45, 2.75) is 26.2 Å². The Morgan fingerprint density at radius 1 is 0.636 bits per heavy atom. The summed E-state index contributed by atoms with van der Waals surface area (Å²) in [5, 5.41) is 3.70. The molecule has 0 aromatic heterocycles. The van der Waals surface area contributed by atoms with E-state index >= 15 is 0 Å². The SMILES string of the molecule is Cc1cccc(C2=NC(c3ccc(-c4ccccc4)cc3)N(C)C(c3cccc(C)c3)N2)c1. The minimum Gasteiger partial charge on any atom is -0.350 e. The molecular weight excluding hydrogens is 402 g/mol. The van der Waals surface area contributed by atoms with E-state index in [0.29, 0.717) is 0 Å². The van der Waals surface area contributed by atoms with E-state index in [0.717, 1.165) is 11.4 Å². The van der Waals surface area contributed by atoms with E-state index in [-0.39, 0.29) is 12.3 Å².